The smallest absolute Gasteiger partial charge is 0.370 e. The molecule has 5 nitrogen and oxygen atoms in total. The molecule has 0 spiro atoms. The molecule has 4 N–H and O–H groups in total. The van der Waals surface area contributed by atoms with Crippen LogP contribution in [0.25, 0.3) is 0 Å². The van der Waals surface area contributed by atoms with Crippen molar-refractivity contribution in [3.63, 3.8) is 0 Å². The lowest BCUT2D eigenvalue weighted by Crippen LogP contribution is -2.40. The fraction of sp³-hybridized carbons (Fsp3) is 0.625. The summed E-state index contributed by atoms with van der Waals surface area (Å²) >= 11 is 0. The zero-order chi connectivity index (χ0) is 17.4. The largest absolute Gasteiger partial charge is 0.419 e. The van der Waals surface area contributed by atoms with Gasteiger partial charge in [-0.25, -0.2) is 4.98 Å². The minimum atomic E-state index is -4.43. The molecule has 1 aromatic heterocycles. The van der Waals surface area contributed by atoms with E-state index in [4.69, 9.17) is 5.73 Å². The van der Waals surface area contributed by atoms with E-state index in [1.165, 1.54) is 37.9 Å². The number of anilines is 1. The van der Waals surface area contributed by atoms with Gasteiger partial charge in [-0.05, 0) is 25.0 Å². The van der Waals surface area contributed by atoms with Gasteiger partial charge in [-0.15, -0.1) is 0 Å². The molecule has 0 amide bonds. The summed E-state index contributed by atoms with van der Waals surface area (Å²) in [5, 5.41) is 5.86. The Morgan fingerprint density at radius 3 is 2.62 bits per heavy atom. The summed E-state index contributed by atoms with van der Waals surface area (Å²) < 4.78 is 38.5. The van der Waals surface area contributed by atoms with Crippen LogP contribution in [0.15, 0.2) is 23.3 Å². The molecular weight excluding hydrogens is 319 g/mol. The lowest BCUT2D eigenvalue weighted by molar-refractivity contribution is -0.137. The molecule has 0 bridgehead atoms. The molecule has 0 radical (unpaired) electrons. The van der Waals surface area contributed by atoms with Gasteiger partial charge in [-0.2, -0.15) is 13.2 Å². The maximum atomic E-state index is 12.8. The van der Waals surface area contributed by atoms with Crippen molar-refractivity contribution in [2.75, 3.05) is 18.4 Å². The molecule has 134 valence electrons. The number of nitrogens with one attached hydrogen (secondary N) is 2. The fourth-order valence-corrected chi connectivity index (χ4v) is 2.80. The molecule has 0 atom stereocenters. The van der Waals surface area contributed by atoms with Gasteiger partial charge < -0.3 is 16.4 Å². The SMILES string of the molecule is NC(=NCCNc1ncccc1C(F)(F)F)NC1CCCCCC1. The van der Waals surface area contributed by atoms with E-state index < -0.39 is 11.7 Å². The Morgan fingerprint density at radius 1 is 1.25 bits per heavy atom. The Bertz CT molecular complexity index is 537. The van der Waals surface area contributed by atoms with Gasteiger partial charge in [0.1, 0.15) is 5.82 Å². The number of aromatic nitrogens is 1. The third-order valence-corrected chi connectivity index (χ3v) is 4.01. The molecule has 1 aliphatic rings. The second kappa shape index (κ2) is 8.75. The summed E-state index contributed by atoms with van der Waals surface area (Å²) in [5.41, 5.74) is 5.07. The van der Waals surface area contributed by atoms with Crippen molar-refractivity contribution < 1.29 is 13.2 Å². The Morgan fingerprint density at radius 2 is 1.96 bits per heavy atom. The Balaban J connectivity index is 1.79. The van der Waals surface area contributed by atoms with Gasteiger partial charge in [0.25, 0.3) is 0 Å². The molecule has 0 saturated heterocycles. The van der Waals surface area contributed by atoms with Crippen molar-refractivity contribution in [2.24, 2.45) is 10.7 Å². The van der Waals surface area contributed by atoms with Crippen molar-refractivity contribution in [3.05, 3.63) is 23.9 Å². The number of nitrogens with zero attached hydrogens (tertiary/aromatic N) is 2. The summed E-state index contributed by atoms with van der Waals surface area (Å²) in [6.45, 7) is 0.507. The molecule has 1 saturated carbocycles. The van der Waals surface area contributed by atoms with E-state index in [2.05, 4.69) is 20.6 Å². The maximum absolute atomic E-state index is 12.8. The summed E-state index contributed by atoms with van der Waals surface area (Å²) in [4.78, 5) is 7.91. The van der Waals surface area contributed by atoms with Crippen LogP contribution in [-0.4, -0.2) is 30.1 Å². The Labute approximate surface area is 139 Å². The van der Waals surface area contributed by atoms with Crippen LogP contribution in [0, 0.1) is 0 Å². The van der Waals surface area contributed by atoms with Gasteiger partial charge in [-0.1, -0.05) is 25.7 Å². The lowest BCUT2D eigenvalue weighted by atomic mass is 10.1. The fourth-order valence-electron chi connectivity index (χ4n) is 2.80. The van der Waals surface area contributed by atoms with Gasteiger partial charge in [0.15, 0.2) is 5.96 Å². The molecule has 1 aromatic rings. The zero-order valence-corrected chi connectivity index (χ0v) is 13.6. The molecule has 2 rings (SSSR count). The number of nitrogens with two attached hydrogens (primary N) is 1. The normalized spacial score (nSPS) is 17.4. The van der Waals surface area contributed by atoms with E-state index in [0.717, 1.165) is 18.9 Å². The van der Waals surface area contributed by atoms with E-state index in [9.17, 15) is 13.2 Å². The van der Waals surface area contributed by atoms with Gasteiger partial charge in [0.2, 0.25) is 0 Å². The van der Waals surface area contributed by atoms with Crippen molar-refractivity contribution in [3.8, 4) is 0 Å². The molecule has 0 aliphatic heterocycles. The third-order valence-electron chi connectivity index (χ3n) is 4.01. The van der Waals surface area contributed by atoms with Crippen molar-refractivity contribution in [1.82, 2.24) is 10.3 Å². The molecule has 1 heterocycles. The number of aliphatic imine (C=N–C) groups is 1. The van der Waals surface area contributed by atoms with Gasteiger partial charge in [0, 0.05) is 18.8 Å². The Hall–Kier alpha value is -1.99. The van der Waals surface area contributed by atoms with Crippen LogP contribution in [0.4, 0.5) is 19.0 Å². The molecule has 8 heteroatoms. The summed E-state index contributed by atoms with van der Waals surface area (Å²) in [6.07, 6.45) is 3.94. The third kappa shape index (κ3) is 5.90. The average molecular weight is 343 g/mol. The number of hydrogen-bond acceptors (Lipinski definition) is 3. The molecular formula is C16H24F3N5. The minimum Gasteiger partial charge on any atom is -0.370 e. The average Bonchev–Trinajstić information content (AvgIpc) is 2.79. The molecule has 0 aromatic carbocycles. The first kappa shape index (κ1) is 18.4. The van der Waals surface area contributed by atoms with E-state index in [1.807, 2.05) is 0 Å². The number of guanidine groups is 1. The van der Waals surface area contributed by atoms with Crippen molar-refractivity contribution >= 4 is 11.8 Å². The van der Waals surface area contributed by atoms with E-state index >= 15 is 0 Å². The van der Waals surface area contributed by atoms with Crippen molar-refractivity contribution in [2.45, 2.75) is 50.7 Å². The number of pyridine rings is 1. The molecule has 24 heavy (non-hydrogen) atoms. The van der Waals surface area contributed by atoms with E-state index in [0.29, 0.717) is 12.0 Å². The van der Waals surface area contributed by atoms with Crippen LogP contribution in [0.2, 0.25) is 0 Å². The van der Waals surface area contributed by atoms with Crippen LogP contribution in [-0.2, 0) is 6.18 Å². The standard InChI is InChI=1S/C16H24F3N5/c17-16(18,19)13-8-5-9-21-14(13)22-10-11-23-15(20)24-12-6-3-1-2-4-7-12/h5,8-9,12H,1-4,6-7,10-11H2,(H,21,22)(H3,20,23,24). The summed E-state index contributed by atoms with van der Waals surface area (Å²) in [5.74, 6) is 0.163. The number of halogens is 3. The quantitative estimate of drug-likeness (QED) is 0.332. The first-order chi connectivity index (χ1) is 11.5. The molecule has 1 fully saturated rings. The van der Waals surface area contributed by atoms with Crippen LogP contribution < -0.4 is 16.4 Å². The second-order valence-corrected chi connectivity index (χ2v) is 5.92. The van der Waals surface area contributed by atoms with Gasteiger partial charge >= 0.3 is 6.18 Å². The first-order valence-electron chi connectivity index (χ1n) is 8.29. The predicted molar refractivity (Wildman–Crippen MR) is 88.8 cm³/mol. The topological polar surface area (TPSA) is 75.3 Å². The first-order valence-corrected chi connectivity index (χ1v) is 8.29. The van der Waals surface area contributed by atoms with Gasteiger partial charge in [-0.3, -0.25) is 4.99 Å². The zero-order valence-electron chi connectivity index (χ0n) is 13.6. The van der Waals surface area contributed by atoms with Crippen LogP contribution in [0.3, 0.4) is 0 Å². The van der Waals surface area contributed by atoms with Crippen LogP contribution >= 0.6 is 0 Å². The molecule has 0 unspecified atom stereocenters. The lowest BCUT2D eigenvalue weighted by Gasteiger charge is -2.16. The highest BCUT2D eigenvalue weighted by molar-refractivity contribution is 5.78. The highest BCUT2D eigenvalue weighted by Crippen LogP contribution is 2.33. The van der Waals surface area contributed by atoms with E-state index in [-0.39, 0.29) is 18.9 Å². The Kier molecular flexibility index (Phi) is 6.69. The maximum Gasteiger partial charge on any atom is 0.419 e. The second-order valence-electron chi connectivity index (χ2n) is 5.92. The predicted octanol–water partition coefficient (Wildman–Crippen LogP) is 3.14. The summed E-state index contributed by atoms with van der Waals surface area (Å²) in [7, 11) is 0. The summed E-state index contributed by atoms with van der Waals surface area (Å²) in [6, 6.07) is 2.61. The highest BCUT2D eigenvalue weighted by atomic mass is 19.4. The van der Waals surface area contributed by atoms with E-state index in [1.54, 1.807) is 0 Å². The van der Waals surface area contributed by atoms with Gasteiger partial charge in [0.05, 0.1) is 12.1 Å². The number of hydrogen-bond donors (Lipinski definition) is 3. The van der Waals surface area contributed by atoms with Crippen molar-refractivity contribution in [1.29, 1.82) is 0 Å². The number of alkyl halides is 3. The van der Waals surface area contributed by atoms with Crippen LogP contribution in [0.5, 0.6) is 0 Å². The number of rotatable bonds is 5. The van der Waals surface area contributed by atoms with Crippen LogP contribution in [0.1, 0.15) is 44.1 Å². The minimum absolute atomic E-state index is 0.185. The monoisotopic (exact) mass is 343 g/mol. The highest BCUT2D eigenvalue weighted by Gasteiger charge is 2.33. The molecule has 1 aliphatic carbocycles.